The van der Waals surface area contributed by atoms with Crippen LogP contribution in [0.25, 0.3) is 5.57 Å². The van der Waals surface area contributed by atoms with Gasteiger partial charge in [0.05, 0.1) is 22.7 Å². The van der Waals surface area contributed by atoms with Gasteiger partial charge in [-0.2, -0.15) is 26.3 Å². The normalized spacial score (nSPS) is 15.5. The van der Waals surface area contributed by atoms with Crippen LogP contribution in [0, 0.1) is 0 Å². The summed E-state index contributed by atoms with van der Waals surface area (Å²) in [6.07, 6.45) is -5.54. The minimum absolute atomic E-state index is 0.00186. The molecule has 3 heterocycles. The maximum atomic E-state index is 13.5. The van der Waals surface area contributed by atoms with E-state index in [2.05, 4.69) is 15.0 Å². The molecule has 2 aliphatic rings. The number of aliphatic carboxylic acids is 1. The summed E-state index contributed by atoms with van der Waals surface area (Å²) >= 11 is 1.16. The van der Waals surface area contributed by atoms with Gasteiger partial charge in [0, 0.05) is 35.4 Å². The number of nitrogens with zero attached hydrogens (tertiary/aromatic N) is 2. The van der Waals surface area contributed by atoms with Gasteiger partial charge in [0.2, 0.25) is 0 Å². The Balaban J connectivity index is 0.000000517. The molecule has 0 saturated carbocycles. The Kier molecular flexibility index (Phi) is 9.03. The second-order valence-electron chi connectivity index (χ2n) is 8.79. The van der Waals surface area contributed by atoms with Gasteiger partial charge in [0.15, 0.2) is 5.13 Å². The fourth-order valence-electron chi connectivity index (χ4n) is 4.14. The van der Waals surface area contributed by atoms with E-state index in [-0.39, 0.29) is 16.6 Å². The third kappa shape index (κ3) is 7.32. The van der Waals surface area contributed by atoms with Gasteiger partial charge in [-0.15, -0.1) is 11.3 Å². The van der Waals surface area contributed by atoms with Crippen molar-refractivity contribution in [3.05, 3.63) is 65.2 Å². The maximum Gasteiger partial charge on any atom is 0.490 e. The number of benzene rings is 2. The number of fused-ring (bicyclic) bond motifs is 1. The monoisotopic (exact) mass is 636 g/mol. The molecule has 0 radical (unpaired) electrons. The fourth-order valence-corrected chi connectivity index (χ4v) is 5.94. The molecule has 0 bridgehead atoms. The summed E-state index contributed by atoms with van der Waals surface area (Å²) in [6, 6.07) is 8.23. The van der Waals surface area contributed by atoms with Gasteiger partial charge in [-0.05, 0) is 48.9 Å². The first-order valence-electron chi connectivity index (χ1n) is 12.0. The van der Waals surface area contributed by atoms with E-state index in [1.165, 1.54) is 30.5 Å². The van der Waals surface area contributed by atoms with Crippen LogP contribution in [0.5, 0.6) is 5.75 Å². The van der Waals surface area contributed by atoms with Crippen molar-refractivity contribution >= 4 is 49.4 Å². The van der Waals surface area contributed by atoms with Gasteiger partial charge in [-0.1, -0.05) is 6.08 Å². The number of rotatable bonds is 5. The predicted octanol–water partition coefficient (Wildman–Crippen LogP) is 5.50. The molecule has 226 valence electrons. The van der Waals surface area contributed by atoms with Crippen LogP contribution in [-0.4, -0.2) is 56.9 Å². The van der Waals surface area contributed by atoms with Crippen molar-refractivity contribution in [2.75, 3.05) is 35.9 Å². The molecule has 5 rings (SSSR count). The van der Waals surface area contributed by atoms with Gasteiger partial charge < -0.3 is 20.1 Å². The number of carboxylic acids is 1. The highest BCUT2D eigenvalue weighted by Crippen LogP contribution is 2.43. The van der Waals surface area contributed by atoms with E-state index < -0.39 is 33.9 Å². The summed E-state index contributed by atoms with van der Waals surface area (Å²) in [5, 5.41) is 12.2. The number of nitrogens with one attached hydrogen (secondary N) is 2. The number of hydrogen-bond acceptors (Lipinski definition) is 8. The predicted molar refractivity (Wildman–Crippen MR) is 142 cm³/mol. The molecule has 2 aromatic carbocycles. The molecule has 0 amide bonds. The van der Waals surface area contributed by atoms with Crippen molar-refractivity contribution in [3.63, 3.8) is 0 Å². The first-order valence-corrected chi connectivity index (χ1v) is 14.4. The summed E-state index contributed by atoms with van der Waals surface area (Å²) in [5.74, 6) is -2.42. The topological polar surface area (TPSA) is 121 Å². The number of alkyl halides is 6. The van der Waals surface area contributed by atoms with Gasteiger partial charge in [0.1, 0.15) is 12.4 Å². The third-order valence-corrected chi connectivity index (χ3v) is 8.18. The molecule has 3 N–H and O–H groups in total. The van der Waals surface area contributed by atoms with E-state index in [9.17, 15) is 34.8 Å². The number of carbonyl (C=O) groups is 1. The number of anilines is 3. The summed E-state index contributed by atoms with van der Waals surface area (Å²) in [5.41, 5.74) is 1.84. The first kappa shape index (κ1) is 31.1. The van der Waals surface area contributed by atoms with Crippen LogP contribution >= 0.6 is 11.3 Å². The van der Waals surface area contributed by atoms with E-state index in [0.29, 0.717) is 48.7 Å². The van der Waals surface area contributed by atoms with Crippen LogP contribution in [-0.2, 0) is 21.0 Å². The van der Waals surface area contributed by atoms with Gasteiger partial charge in [-0.3, -0.25) is 4.72 Å². The van der Waals surface area contributed by atoms with Crippen LogP contribution in [0.15, 0.2) is 58.9 Å². The Morgan fingerprint density at radius 2 is 1.81 bits per heavy atom. The zero-order valence-corrected chi connectivity index (χ0v) is 22.9. The van der Waals surface area contributed by atoms with E-state index >= 15 is 0 Å². The lowest BCUT2D eigenvalue weighted by molar-refractivity contribution is -0.192. The van der Waals surface area contributed by atoms with Gasteiger partial charge >= 0.3 is 18.3 Å². The molecule has 0 spiro atoms. The smallest absolute Gasteiger partial charge is 0.489 e. The molecule has 17 heteroatoms. The highest BCUT2D eigenvalue weighted by molar-refractivity contribution is 7.93. The van der Waals surface area contributed by atoms with Crippen molar-refractivity contribution in [2.45, 2.75) is 23.7 Å². The molecular weight excluding hydrogens is 614 g/mol. The Hall–Kier alpha value is -3.83. The number of sulfonamides is 1. The second-order valence-corrected chi connectivity index (χ2v) is 11.4. The fraction of sp³-hybridized carbons (Fsp3) is 0.280. The molecule has 3 aromatic rings. The largest absolute Gasteiger partial charge is 0.490 e. The third-order valence-electron chi connectivity index (χ3n) is 6.03. The Morgan fingerprint density at radius 3 is 2.40 bits per heavy atom. The van der Waals surface area contributed by atoms with Gasteiger partial charge in [0.25, 0.3) is 10.0 Å². The van der Waals surface area contributed by atoms with Crippen LogP contribution < -0.4 is 19.7 Å². The number of aromatic nitrogens is 1. The molecule has 9 nitrogen and oxygen atoms in total. The molecule has 0 atom stereocenters. The Bertz CT molecular complexity index is 1570. The van der Waals surface area contributed by atoms with Crippen LogP contribution in [0.1, 0.15) is 17.5 Å². The lowest BCUT2D eigenvalue weighted by atomic mass is 9.95. The standard InChI is InChI=1S/C23H21F3N4O3S2.C2HF3O2/c24-23(25,26)16-1-3-19(18(13-16)15-5-7-27-8-6-15)30-10-11-33-21-14-17(2-4-20(21)30)35(31,32)29-22-28-9-12-34-22;3-2(4,5)1(6)7/h1-5,9,12-14,27H,6-8,10-11H2,(H,28,29);(H,6,7). The van der Waals surface area contributed by atoms with E-state index in [1.54, 1.807) is 11.4 Å². The number of ether oxygens (including phenoxy) is 1. The van der Waals surface area contributed by atoms with Crippen molar-refractivity contribution in [1.29, 1.82) is 0 Å². The highest BCUT2D eigenvalue weighted by atomic mass is 32.2. The highest BCUT2D eigenvalue weighted by Gasteiger charge is 2.38. The summed E-state index contributed by atoms with van der Waals surface area (Å²) < 4.78 is 106. The summed E-state index contributed by atoms with van der Waals surface area (Å²) in [4.78, 5) is 14.7. The number of thiazole rings is 1. The molecule has 0 unspecified atom stereocenters. The minimum Gasteiger partial charge on any atom is -0.489 e. The van der Waals surface area contributed by atoms with E-state index in [1.807, 2.05) is 11.0 Å². The van der Waals surface area contributed by atoms with Crippen LogP contribution in [0.4, 0.5) is 42.8 Å². The number of hydrogen-bond donors (Lipinski definition) is 3. The quantitative estimate of drug-likeness (QED) is 0.314. The summed E-state index contributed by atoms with van der Waals surface area (Å²) in [6.45, 7) is 1.91. The minimum atomic E-state index is -5.08. The maximum absolute atomic E-state index is 13.5. The zero-order valence-electron chi connectivity index (χ0n) is 21.3. The molecule has 0 aliphatic carbocycles. The van der Waals surface area contributed by atoms with Crippen LogP contribution in [0.3, 0.4) is 0 Å². The average Bonchev–Trinajstić information content (AvgIpc) is 3.44. The first-order chi connectivity index (χ1) is 19.7. The molecular formula is C25H22F6N4O5S2. The number of halogens is 6. The van der Waals surface area contributed by atoms with Crippen molar-refractivity contribution < 1.29 is 49.4 Å². The van der Waals surface area contributed by atoms with Crippen molar-refractivity contribution in [1.82, 2.24) is 10.3 Å². The molecule has 0 saturated heterocycles. The molecule has 0 fully saturated rings. The van der Waals surface area contributed by atoms with E-state index in [0.717, 1.165) is 23.0 Å². The lowest BCUT2D eigenvalue weighted by Gasteiger charge is -2.34. The zero-order chi connectivity index (χ0) is 30.7. The molecule has 1 aromatic heterocycles. The molecule has 2 aliphatic heterocycles. The Labute approximate surface area is 239 Å². The average molecular weight is 637 g/mol. The van der Waals surface area contributed by atoms with Crippen molar-refractivity contribution in [2.24, 2.45) is 0 Å². The van der Waals surface area contributed by atoms with Crippen LogP contribution in [0.2, 0.25) is 0 Å². The molecule has 42 heavy (non-hydrogen) atoms. The Morgan fingerprint density at radius 1 is 1.10 bits per heavy atom. The lowest BCUT2D eigenvalue weighted by Crippen LogP contribution is -2.30. The SMILES string of the molecule is O=C(O)C(F)(F)F.O=S(=O)(Nc1nccs1)c1ccc2c(c1)OCCN2c1ccc(C(F)(F)F)cc1C1=CCNCC1. The second kappa shape index (κ2) is 12.2. The van der Waals surface area contributed by atoms with Gasteiger partial charge in [-0.25, -0.2) is 18.2 Å². The number of carboxylic acid groups (broad SMARTS) is 1. The summed E-state index contributed by atoms with van der Waals surface area (Å²) in [7, 11) is -3.89. The van der Waals surface area contributed by atoms with Crippen molar-refractivity contribution in [3.8, 4) is 5.75 Å². The van der Waals surface area contributed by atoms with E-state index in [4.69, 9.17) is 14.6 Å².